The van der Waals surface area contributed by atoms with Crippen LogP contribution in [0.15, 0.2) is 0 Å². The first-order valence-electron chi connectivity index (χ1n) is 8.69. The third-order valence-electron chi connectivity index (χ3n) is 3.19. The first kappa shape index (κ1) is 20.8. The van der Waals surface area contributed by atoms with E-state index in [9.17, 15) is 0 Å². The van der Waals surface area contributed by atoms with E-state index in [1.807, 2.05) is 6.92 Å². The lowest BCUT2D eigenvalue weighted by atomic mass is 10.1. The van der Waals surface area contributed by atoms with Crippen LogP contribution in [-0.4, -0.2) is 52.4 Å². The maximum absolute atomic E-state index is 5.88. The van der Waals surface area contributed by atoms with Gasteiger partial charge in [0.15, 0.2) is 0 Å². The fourth-order valence-corrected chi connectivity index (χ4v) is 1.99. The highest BCUT2D eigenvalue weighted by Crippen LogP contribution is 2.07. The normalized spacial score (nSPS) is 12.7. The quantitative estimate of drug-likeness (QED) is 0.383. The lowest BCUT2D eigenvalue weighted by Gasteiger charge is -2.16. The van der Waals surface area contributed by atoms with E-state index < -0.39 is 0 Å². The lowest BCUT2D eigenvalue weighted by Crippen LogP contribution is -2.15. The van der Waals surface area contributed by atoms with Crippen LogP contribution < -0.4 is 0 Å². The highest BCUT2D eigenvalue weighted by molar-refractivity contribution is 4.56. The second kappa shape index (κ2) is 17.9. The van der Waals surface area contributed by atoms with E-state index in [4.69, 9.17) is 18.9 Å². The summed E-state index contributed by atoms with van der Waals surface area (Å²) >= 11 is 0. The molecule has 0 rings (SSSR count). The van der Waals surface area contributed by atoms with Gasteiger partial charge in [-0.2, -0.15) is 0 Å². The van der Waals surface area contributed by atoms with Crippen molar-refractivity contribution in [3.63, 3.8) is 0 Å². The molecule has 0 saturated carbocycles. The molecule has 4 heteroatoms. The van der Waals surface area contributed by atoms with Crippen molar-refractivity contribution in [1.29, 1.82) is 0 Å². The van der Waals surface area contributed by atoms with Crippen LogP contribution >= 0.6 is 0 Å². The lowest BCUT2D eigenvalue weighted by molar-refractivity contribution is 0.0192. The van der Waals surface area contributed by atoms with Gasteiger partial charge >= 0.3 is 0 Å². The molecule has 0 fully saturated rings. The van der Waals surface area contributed by atoms with Crippen LogP contribution in [0.1, 0.15) is 59.3 Å². The molecular weight excluding hydrogens is 268 g/mol. The first-order chi connectivity index (χ1) is 10.3. The van der Waals surface area contributed by atoms with Gasteiger partial charge in [-0.1, -0.05) is 13.8 Å². The van der Waals surface area contributed by atoms with Crippen molar-refractivity contribution in [2.75, 3.05) is 46.2 Å². The van der Waals surface area contributed by atoms with Crippen LogP contribution in [0.25, 0.3) is 0 Å². The summed E-state index contributed by atoms with van der Waals surface area (Å²) in [7, 11) is 0. The molecule has 0 radical (unpaired) electrons. The summed E-state index contributed by atoms with van der Waals surface area (Å²) < 4.78 is 22.2. The smallest absolute Gasteiger partial charge is 0.0573 e. The summed E-state index contributed by atoms with van der Waals surface area (Å²) in [6, 6.07) is 0. The monoisotopic (exact) mass is 304 g/mol. The standard InChI is InChI=1S/C17H36O4/c1-4-11-19-15-9-16-21-17(5-2)10-7-12-20-14-8-13-18-6-3/h17H,4-16H2,1-3H3. The van der Waals surface area contributed by atoms with E-state index in [-0.39, 0.29) is 0 Å². The van der Waals surface area contributed by atoms with Gasteiger partial charge in [-0.3, -0.25) is 0 Å². The zero-order valence-corrected chi connectivity index (χ0v) is 14.4. The van der Waals surface area contributed by atoms with E-state index in [0.717, 1.165) is 84.8 Å². The topological polar surface area (TPSA) is 36.9 Å². The molecule has 0 aliphatic rings. The average Bonchev–Trinajstić information content (AvgIpc) is 2.51. The van der Waals surface area contributed by atoms with E-state index in [2.05, 4.69) is 13.8 Å². The van der Waals surface area contributed by atoms with Gasteiger partial charge in [0.2, 0.25) is 0 Å². The van der Waals surface area contributed by atoms with Crippen molar-refractivity contribution in [1.82, 2.24) is 0 Å². The molecule has 0 aromatic heterocycles. The van der Waals surface area contributed by atoms with Gasteiger partial charge in [-0.15, -0.1) is 0 Å². The predicted octanol–water partition coefficient (Wildman–Crippen LogP) is 3.82. The zero-order valence-electron chi connectivity index (χ0n) is 14.4. The molecule has 0 aliphatic carbocycles. The molecule has 4 nitrogen and oxygen atoms in total. The van der Waals surface area contributed by atoms with Crippen molar-refractivity contribution in [3.8, 4) is 0 Å². The fourth-order valence-electron chi connectivity index (χ4n) is 1.99. The Morgan fingerprint density at radius 2 is 1.29 bits per heavy atom. The number of hydrogen-bond acceptors (Lipinski definition) is 4. The highest BCUT2D eigenvalue weighted by Gasteiger charge is 2.06. The van der Waals surface area contributed by atoms with Crippen LogP contribution in [0.4, 0.5) is 0 Å². The van der Waals surface area contributed by atoms with Gasteiger partial charge in [-0.25, -0.2) is 0 Å². The molecule has 0 saturated heterocycles. The molecule has 1 atom stereocenters. The van der Waals surface area contributed by atoms with Gasteiger partial charge in [0.05, 0.1) is 6.10 Å². The first-order valence-corrected chi connectivity index (χ1v) is 8.69. The molecule has 0 N–H and O–H groups in total. The second-order valence-electron chi connectivity index (χ2n) is 5.17. The van der Waals surface area contributed by atoms with Crippen LogP contribution in [0, 0.1) is 0 Å². The van der Waals surface area contributed by atoms with Gasteiger partial charge < -0.3 is 18.9 Å². The SMILES string of the molecule is CCCOCCCOC(CC)CCCOCCCOCC. The summed E-state index contributed by atoms with van der Waals surface area (Å²) in [4.78, 5) is 0. The largest absolute Gasteiger partial charge is 0.382 e. The molecular formula is C17H36O4. The fraction of sp³-hybridized carbons (Fsp3) is 1.00. The molecule has 0 amide bonds. The molecule has 0 heterocycles. The molecule has 0 aromatic carbocycles. The van der Waals surface area contributed by atoms with Crippen molar-refractivity contribution in [2.45, 2.75) is 65.4 Å². The number of ether oxygens (including phenoxy) is 4. The van der Waals surface area contributed by atoms with Crippen molar-refractivity contribution in [3.05, 3.63) is 0 Å². The second-order valence-corrected chi connectivity index (χ2v) is 5.17. The summed E-state index contributed by atoms with van der Waals surface area (Å²) in [6.45, 7) is 12.0. The Labute approximate surface area is 131 Å². The van der Waals surface area contributed by atoms with Gasteiger partial charge in [-0.05, 0) is 45.4 Å². The average molecular weight is 304 g/mol. The Balaban J connectivity index is 3.28. The van der Waals surface area contributed by atoms with Crippen molar-refractivity contribution in [2.24, 2.45) is 0 Å². The molecule has 0 aliphatic heterocycles. The molecule has 0 bridgehead atoms. The Hall–Kier alpha value is -0.160. The zero-order chi connectivity index (χ0) is 15.6. The van der Waals surface area contributed by atoms with E-state index >= 15 is 0 Å². The number of rotatable bonds is 17. The minimum atomic E-state index is 0.364. The van der Waals surface area contributed by atoms with Gasteiger partial charge in [0.1, 0.15) is 0 Å². The minimum Gasteiger partial charge on any atom is -0.382 e. The Morgan fingerprint density at radius 1 is 0.667 bits per heavy atom. The van der Waals surface area contributed by atoms with Crippen molar-refractivity contribution < 1.29 is 18.9 Å². The summed E-state index contributed by atoms with van der Waals surface area (Å²) in [5.41, 5.74) is 0. The highest BCUT2D eigenvalue weighted by atomic mass is 16.5. The molecule has 0 aromatic rings. The summed E-state index contributed by atoms with van der Waals surface area (Å²) in [6.07, 6.45) is 6.65. The van der Waals surface area contributed by atoms with Crippen LogP contribution in [0.3, 0.4) is 0 Å². The van der Waals surface area contributed by atoms with E-state index in [1.165, 1.54) is 0 Å². The molecule has 1 unspecified atom stereocenters. The summed E-state index contributed by atoms with van der Waals surface area (Å²) in [5, 5.41) is 0. The number of hydrogen-bond donors (Lipinski definition) is 0. The van der Waals surface area contributed by atoms with Crippen LogP contribution in [0.5, 0.6) is 0 Å². The predicted molar refractivity (Wildman–Crippen MR) is 86.9 cm³/mol. The molecule has 0 spiro atoms. The third-order valence-corrected chi connectivity index (χ3v) is 3.19. The Bertz CT molecular complexity index is 188. The maximum atomic E-state index is 5.88. The molecule has 128 valence electrons. The Kier molecular flexibility index (Phi) is 17.8. The van der Waals surface area contributed by atoms with Crippen LogP contribution in [0.2, 0.25) is 0 Å². The molecule has 21 heavy (non-hydrogen) atoms. The van der Waals surface area contributed by atoms with Crippen molar-refractivity contribution >= 4 is 0 Å². The third kappa shape index (κ3) is 16.0. The van der Waals surface area contributed by atoms with E-state index in [1.54, 1.807) is 0 Å². The minimum absolute atomic E-state index is 0.364. The van der Waals surface area contributed by atoms with Crippen LogP contribution in [-0.2, 0) is 18.9 Å². The summed E-state index contributed by atoms with van der Waals surface area (Å²) in [5.74, 6) is 0. The van der Waals surface area contributed by atoms with Gasteiger partial charge in [0, 0.05) is 46.2 Å². The van der Waals surface area contributed by atoms with Gasteiger partial charge in [0.25, 0.3) is 0 Å². The maximum Gasteiger partial charge on any atom is 0.0573 e. The Morgan fingerprint density at radius 3 is 1.95 bits per heavy atom. The van der Waals surface area contributed by atoms with E-state index in [0.29, 0.717) is 6.10 Å².